The van der Waals surface area contributed by atoms with Crippen LogP contribution in [0.2, 0.25) is 0 Å². The van der Waals surface area contributed by atoms with Crippen molar-refractivity contribution in [3.05, 3.63) is 58.4 Å². The van der Waals surface area contributed by atoms with E-state index in [2.05, 4.69) is 25.5 Å². The largest absolute Gasteiger partial charge is 0.352 e. The van der Waals surface area contributed by atoms with Gasteiger partial charge in [-0.3, -0.25) is 14.7 Å². The number of amides is 1. The fourth-order valence-corrected chi connectivity index (χ4v) is 2.13. The van der Waals surface area contributed by atoms with Crippen LogP contribution in [0.3, 0.4) is 0 Å². The first-order valence-corrected chi connectivity index (χ1v) is 6.48. The van der Waals surface area contributed by atoms with E-state index in [1.165, 1.54) is 12.4 Å². The van der Waals surface area contributed by atoms with E-state index < -0.39 is 0 Å². The van der Waals surface area contributed by atoms with E-state index >= 15 is 0 Å². The molecular formula is C14H13N5O2. The fraction of sp³-hybridized carbons (Fsp3) is 0.143. The number of nitrogens with one attached hydrogen (secondary N) is 3. The monoisotopic (exact) mass is 283 g/mol. The molecule has 21 heavy (non-hydrogen) atoms. The molecule has 0 bridgehead atoms. The molecule has 0 saturated heterocycles. The van der Waals surface area contributed by atoms with Crippen molar-refractivity contribution in [3.63, 3.8) is 0 Å². The molecule has 2 aromatic heterocycles. The van der Waals surface area contributed by atoms with E-state index in [4.69, 9.17) is 0 Å². The summed E-state index contributed by atoms with van der Waals surface area (Å²) in [6, 6.07) is 8.51. The van der Waals surface area contributed by atoms with Crippen molar-refractivity contribution in [1.82, 2.24) is 25.5 Å². The molecule has 3 aromatic rings. The third kappa shape index (κ3) is 2.81. The minimum Gasteiger partial charge on any atom is -0.352 e. The maximum atomic E-state index is 12.2. The lowest BCUT2D eigenvalue weighted by molar-refractivity contribution is 0.0955. The summed E-state index contributed by atoms with van der Waals surface area (Å²) in [6.45, 7) is 0.412. The van der Waals surface area contributed by atoms with Crippen molar-refractivity contribution in [2.24, 2.45) is 0 Å². The molecule has 0 spiro atoms. The first-order chi connectivity index (χ1) is 10.2. The number of nitrogens with zero attached hydrogens (tertiary/aromatic N) is 2. The third-order valence-electron chi connectivity index (χ3n) is 3.11. The van der Waals surface area contributed by atoms with Crippen LogP contribution in [0.4, 0.5) is 0 Å². The quantitative estimate of drug-likeness (QED) is 0.653. The number of benzene rings is 1. The number of aromatic nitrogens is 4. The Kier molecular flexibility index (Phi) is 3.46. The Labute approximate surface area is 119 Å². The number of pyridine rings is 1. The zero-order valence-corrected chi connectivity index (χ0v) is 11.1. The Morgan fingerprint density at radius 3 is 2.95 bits per heavy atom. The van der Waals surface area contributed by atoms with Crippen molar-refractivity contribution in [2.45, 2.75) is 6.42 Å². The number of H-pyrrole nitrogens is 2. The number of hydrogen-bond donors (Lipinski definition) is 3. The Morgan fingerprint density at radius 1 is 1.29 bits per heavy atom. The van der Waals surface area contributed by atoms with Crippen molar-refractivity contribution in [1.29, 1.82) is 0 Å². The standard InChI is InChI=1S/C14H13N5O2/c20-13-7-10(9-3-1-2-4-11(9)18-13)14(21)15-6-5-12-16-8-17-19-12/h1-4,7-8H,5-6H2,(H,15,21)(H,18,20)(H,16,17,19). The summed E-state index contributed by atoms with van der Waals surface area (Å²) in [6.07, 6.45) is 1.97. The van der Waals surface area contributed by atoms with Gasteiger partial charge in [-0.2, -0.15) is 5.10 Å². The third-order valence-corrected chi connectivity index (χ3v) is 3.11. The van der Waals surface area contributed by atoms with E-state index in [9.17, 15) is 9.59 Å². The minimum atomic E-state index is -0.297. The highest BCUT2D eigenvalue weighted by atomic mass is 16.2. The molecule has 0 radical (unpaired) electrons. The first kappa shape index (κ1) is 13.0. The predicted octanol–water partition coefficient (Wildman–Crippen LogP) is 0.619. The molecule has 0 aliphatic heterocycles. The SMILES string of the molecule is O=C(NCCc1ncn[nH]1)c1cc(=O)[nH]c2ccccc12. The molecule has 0 unspecified atom stereocenters. The van der Waals surface area contributed by atoms with Crippen LogP contribution >= 0.6 is 0 Å². The average molecular weight is 283 g/mol. The van der Waals surface area contributed by atoms with Crippen LogP contribution in [0.15, 0.2) is 41.5 Å². The second-order valence-corrected chi connectivity index (χ2v) is 4.53. The first-order valence-electron chi connectivity index (χ1n) is 6.48. The number of hydrogen-bond acceptors (Lipinski definition) is 4. The number of fused-ring (bicyclic) bond motifs is 1. The Morgan fingerprint density at radius 2 is 2.14 bits per heavy atom. The summed E-state index contributed by atoms with van der Waals surface area (Å²) < 4.78 is 0. The van der Waals surface area contributed by atoms with Crippen LogP contribution < -0.4 is 10.9 Å². The molecule has 7 nitrogen and oxygen atoms in total. The van der Waals surface area contributed by atoms with Gasteiger partial charge < -0.3 is 10.3 Å². The Hall–Kier alpha value is -2.96. The molecule has 106 valence electrons. The Balaban J connectivity index is 1.79. The van der Waals surface area contributed by atoms with Crippen molar-refractivity contribution >= 4 is 16.8 Å². The van der Waals surface area contributed by atoms with Crippen molar-refractivity contribution < 1.29 is 4.79 Å². The lowest BCUT2D eigenvalue weighted by Crippen LogP contribution is -2.27. The number of carbonyl (C=O) groups excluding carboxylic acids is 1. The molecule has 3 N–H and O–H groups in total. The molecule has 0 fully saturated rings. The molecule has 1 aromatic carbocycles. The lowest BCUT2D eigenvalue weighted by atomic mass is 10.1. The van der Waals surface area contributed by atoms with Crippen LogP contribution in [0.25, 0.3) is 10.9 Å². The van der Waals surface area contributed by atoms with Crippen LogP contribution in [0, 0.1) is 0 Å². The summed E-state index contributed by atoms with van der Waals surface area (Å²) in [5.74, 6) is 0.419. The normalized spacial score (nSPS) is 10.7. The van der Waals surface area contributed by atoms with E-state index in [0.717, 1.165) is 0 Å². The van der Waals surface area contributed by atoms with Crippen LogP contribution in [-0.2, 0) is 6.42 Å². The minimum absolute atomic E-state index is 0.281. The van der Waals surface area contributed by atoms with Crippen molar-refractivity contribution in [2.75, 3.05) is 6.54 Å². The number of rotatable bonds is 4. The van der Waals surface area contributed by atoms with Crippen LogP contribution in [-0.4, -0.2) is 32.6 Å². The van der Waals surface area contributed by atoms with Gasteiger partial charge in [-0.15, -0.1) is 0 Å². The van der Waals surface area contributed by atoms with Gasteiger partial charge in [0.25, 0.3) is 5.91 Å². The van der Waals surface area contributed by atoms with Gasteiger partial charge in [0.15, 0.2) is 0 Å². The lowest BCUT2D eigenvalue weighted by Gasteiger charge is -2.07. The highest BCUT2D eigenvalue weighted by Crippen LogP contribution is 2.14. The zero-order chi connectivity index (χ0) is 14.7. The second-order valence-electron chi connectivity index (χ2n) is 4.53. The molecule has 2 heterocycles. The predicted molar refractivity (Wildman–Crippen MR) is 77.0 cm³/mol. The summed E-state index contributed by atoms with van der Waals surface area (Å²) in [4.78, 5) is 30.5. The molecule has 7 heteroatoms. The topological polar surface area (TPSA) is 104 Å². The van der Waals surface area contributed by atoms with Crippen LogP contribution in [0.1, 0.15) is 16.2 Å². The average Bonchev–Trinajstić information content (AvgIpc) is 2.99. The van der Waals surface area contributed by atoms with Gasteiger partial charge in [-0.1, -0.05) is 18.2 Å². The molecule has 3 rings (SSSR count). The van der Waals surface area contributed by atoms with E-state index in [1.807, 2.05) is 12.1 Å². The maximum Gasteiger partial charge on any atom is 0.252 e. The molecule has 1 amide bonds. The number of carbonyl (C=O) groups is 1. The molecule has 0 atom stereocenters. The molecule has 0 saturated carbocycles. The fourth-order valence-electron chi connectivity index (χ4n) is 2.13. The van der Waals surface area contributed by atoms with Gasteiger partial charge in [0, 0.05) is 29.9 Å². The van der Waals surface area contributed by atoms with Gasteiger partial charge in [0.1, 0.15) is 12.2 Å². The van der Waals surface area contributed by atoms with Gasteiger partial charge in [-0.25, -0.2) is 4.98 Å². The second kappa shape index (κ2) is 5.58. The van der Waals surface area contributed by atoms with Crippen LogP contribution in [0.5, 0.6) is 0 Å². The summed E-state index contributed by atoms with van der Waals surface area (Å²) in [7, 11) is 0. The van der Waals surface area contributed by atoms with Gasteiger partial charge in [0.2, 0.25) is 5.56 Å². The summed E-state index contributed by atoms with van der Waals surface area (Å²) in [5, 5.41) is 9.95. The Bertz CT molecular complexity index is 823. The summed E-state index contributed by atoms with van der Waals surface area (Å²) >= 11 is 0. The highest BCUT2D eigenvalue weighted by Gasteiger charge is 2.11. The van der Waals surface area contributed by atoms with Gasteiger partial charge >= 0.3 is 0 Å². The van der Waals surface area contributed by atoms with E-state index in [-0.39, 0.29) is 11.5 Å². The molecule has 0 aliphatic rings. The van der Waals surface area contributed by atoms with Gasteiger partial charge in [-0.05, 0) is 6.07 Å². The number of aromatic amines is 2. The molecule has 0 aliphatic carbocycles. The summed E-state index contributed by atoms with van der Waals surface area (Å²) in [5.41, 5.74) is 0.714. The van der Waals surface area contributed by atoms with Gasteiger partial charge in [0.05, 0.1) is 5.56 Å². The molecular weight excluding hydrogens is 270 g/mol. The van der Waals surface area contributed by atoms with E-state index in [0.29, 0.717) is 35.3 Å². The van der Waals surface area contributed by atoms with Crippen molar-refractivity contribution in [3.8, 4) is 0 Å². The smallest absolute Gasteiger partial charge is 0.252 e. The zero-order valence-electron chi connectivity index (χ0n) is 11.1. The van der Waals surface area contributed by atoms with E-state index in [1.54, 1.807) is 12.1 Å². The highest BCUT2D eigenvalue weighted by molar-refractivity contribution is 6.05. The number of para-hydroxylation sites is 1. The maximum absolute atomic E-state index is 12.2.